The van der Waals surface area contributed by atoms with E-state index in [1.165, 1.54) is 89.9 Å². The molecule has 0 rings (SSSR count). The number of aliphatic hydroxyl groups is 2. The number of nitrogens with one attached hydrogen (secondary N) is 1. The largest absolute Gasteiger partial charge is 0.367 e. The van der Waals surface area contributed by atoms with Crippen LogP contribution in [0.25, 0.3) is 0 Å². The highest BCUT2D eigenvalue weighted by Crippen LogP contribution is 2.10. The Morgan fingerprint density at radius 3 is 1.60 bits per heavy atom. The van der Waals surface area contributed by atoms with Crippen LogP contribution in [0.4, 0.5) is 0 Å². The molecule has 0 saturated heterocycles. The molecule has 0 saturated carbocycles. The lowest BCUT2D eigenvalue weighted by Gasteiger charge is -2.05. The van der Waals surface area contributed by atoms with E-state index in [-0.39, 0.29) is 19.0 Å². The van der Waals surface area contributed by atoms with Crippen LogP contribution >= 0.6 is 12.4 Å². The highest BCUT2D eigenvalue weighted by atomic mass is 35.5. The predicted molar refractivity (Wildman–Crippen MR) is 112 cm³/mol. The summed E-state index contributed by atoms with van der Waals surface area (Å²) in [6, 6.07) is 0. The minimum absolute atomic E-state index is 0. The summed E-state index contributed by atoms with van der Waals surface area (Å²) in [6.07, 6.45) is 23.5. The van der Waals surface area contributed by atoms with Gasteiger partial charge in [0.25, 0.3) is 0 Å². The van der Waals surface area contributed by atoms with E-state index >= 15 is 0 Å². The Morgan fingerprint density at radius 2 is 1.12 bits per heavy atom. The van der Waals surface area contributed by atoms with Gasteiger partial charge in [0.2, 0.25) is 0 Å². The van der Waals surface area contributed by atoms with Crippen molar-refractivity contribution in [3.63, 3.8) is 0 Å². The molecule has 0 amide bonds. The van der Waals surface area contributed by atoms with Crippen LogP contribution in [0.2, 0.25) is 0 Å². The molecule has 0 heterocycles. The Balaban J connectivity index is 0. The standard InChI is InChI=1S/C21H43NO2.ClH/c1-2-3-4-5-6-7-8-9-10-11-12-13-14-15-16-17-18-19-22-20-21(23)24;/h9-10,21-24H,2-8,11-20H2,1H3;1H/b10-9-;. The fourth-order valence-corrected chi connectivity index (χ4v) is 2.91. The molecule has 0 aromatic carbocycles. The lowest BCUT2D eigenvalue weighted by atomic mass is 10.1. The summed E-state index contributed by atoms with van der Waals surface area (Å²) in [4.78, 5) is 0. The second-order valence-corrected chi connectivity index (χ2v) is 6.98. The maximum absolute atomic E-state index is 8.68. The Hall–Kier alpha value is -0.0900. The minimum Gasteiger partial charge on any atom is -0.367 e. The lowest BCUT2D eigenvalue weighted by Crippen LogP contribution is -2.26. The van der Waals surface area contributed by atoms with Gasteiger partial charge in [0.15, 0.2) is 6.29 Å². The van der Waals surface area contributed by atoms with Crippen LogP contribution in [-0.4, -0.2) is 29.6 Å². The van der Waals surface area contributed by atoms with Crippen LogP contribution in [0, 0.1) is 0 Å². The second kappa shape index (κ2) is 23.9. The molecule has 0 aromatic heterocycles. The molecule has 25 heavy (non-hydrogen) atoms. The Labute approximate surface area is 163 Å². The van der Waals surface area contributed by atoms with Crippen molar-refractivity contribution in [1.29, 1.82) is 0 Å². The molecule has 0 atom stereocenters. The maximum Gasteiger partial charge on any atom is 0.164 e. The zero-order valence-electron chi connectivity index (χ0n) is 16.6. The van der Waals surface area contributed by atoms with E-state index in [2.05, 4.69) is 24.4 Å². The number of rotatable bonds is 19. The molecule has 0 radical (unpaired) electrons. The fraction of sp³-hybridized carbons (Fsp3) is 0.905. The van der Waals surface area contributed by atoms with Crippen molar-refractivity contribution in [2.75, 3.05) is 13.1 Å². The number of aliphatic hydroxyl groups excluding tert-OH is 1. The van der Waals surface area contributed by atoms with Gasteiger partial charge in [-0.15, -0.1) is 12.4 Å². The summed E-state index contributed by atoms with van der Waals surface area (Å²) in [6.45, 7) is 3.45. The molecule has 0 spiro atoms. The molecule has 4 heteroatoms. The second-order valence-electron chi connectivity index (χ2n) is 6.98. The normalized spacial score (nSPS) is 11.4. The number of unbranched alkanes of at least 4 members (excludes halogenated alkanes) is 13. The Morgan fingerprint density at radius 1 is 0.680 bits per heavy atom. The summed E-state index contributed by atoms with van der Waals surface area (Å²) < 4.78 is 0. The summed E-state index contributed by atoms with van der Waals surface area (Å²) in [5, 5.41) is 20.4. The van der Waals surface area contributed by atoms with Crippen molar-refractivity contribution < 1.29 is 10.2 Å². The van der Waals surface area contributed by atoms with Crippen LogP contribution < -0.4 is 5.32 Å². The SMILES string of the molecule is CCCCCCCC/C=C\CCCCCCCCCNCC(O)O.Cl. The monoisotopic (exact) mass is 377 g/mol. The Kier molecular flexibility index (Phi) is 25.9. The summed E-state index contributed by atoms with van der Waals surface area (Å²) in [5.74, 6) is 0. The molecular weight excluding hydrogens is 334 g/mol. The van der Waals surface area contributed by atoms with Gasteiger partial charge in [-0.1, -0.05) is 83.3 Å². The predicted octanol–water partition coefficient (Wildman–Crippen LogP) is 5.74. The first-order valence-corrected chi connectivity index (χ1v) is 10.5. The summed E-state index contributed by atoms with van der Waals surface area (Å²) in [5.41, 5.74) is 0. The first-order chi connectivity index (χ1) is 11.8. The van der Waals surface area contributed by atoms with Crippen LogP contribution in [0.3, 0.4) is 0 Å². The fourth-order valence-electron chi connectivity index (χ4n) is 2.91. The molecule has 0 bridgehead atoms. The topological polar surface area (TPSA) is 52.5 Å². The van der Waals surface area contributed by atoms with E-state index in [4.69, 9.17) is 10.2 Å². The summed E-state index contributed by atoms with van der Waals surface area (Å²) in [7, 11) is 0. The van der Waals surface area contributed by atoms with E-state index in [0.29, 0.717) is 0 Å². The number of hydrogen-bond donors (Lipinski definition) is 3. The van der Waals surface area contributed by atoms with Gasteiger partial charge >= 0.3 is 0 Å². The lowest BCUT2D eigenvalue weighted by molar-refractivity contribution is -0.0370. The number of allylic oxidation sites excluding steroid dienone is 2. The van der Waals surface area contributed by atoms with Gasteiger partial charge in [0.05, 0.1) is 0 Å². The quantitative estimate of drug-likeness (QED) is 0.153. The van der Waals surface area contributed by atoms with Crippen LogP contribution in [0.15, 0.2) is 12.2 Å². The maximum atomic E-state index is 8.68. The van der Waals surface area contributed by atoms with E-state index < -0.39 is 6.29 Å². The van der Waals surface area contributed by atoms with Crippen molar-refractivity contribution in [2.24, 2.45) is 0 Å². The average molecular weight is 378 g/mol. The first-order valence-electron chi connectivity index (χ1n) is 10.5. The highest BCUT2D eigenvalue weighted by Gasteiger charge is 1.95. The summed E-state index contributed by atoms with van der Waals surface area (Å²) >= 11 is 0. The van der Waals surface area contributed by atoms with Gasteiger partial charge < -0.3 is 15.5 Å². The molecule has 0 fully saturated rings. The van der Waals surface area contributed by atoms with Crippen molar-refractivity contribution in [2.45, 2.75) is 110 Å². The third-order valence-corrected chi connectivity index (χ3v) is 4.44. The third kappa shape index (κ3) is 26.3. The van der Waals surface area contributed by atoms with Crippen LogP contribution in [0.5, 0.6) is 0 Å². The highest BCUT2D eigenvalue weighted by molar-refractivity contribution is 5.85. The van der Waals surface area contributed by atoms with Gasteiger partial charge in [-0.05, 0) is 38.6 Å². The van der Waals surface area contributed by atoms with Crippen LogP contribution in [-0.2, 0) is 0 Å². The van der Waals surface area contributed by atoms with E-state index in [1.807, 2.05) is 0 Å². The molecule has 152 valence electrons. The van der Waals surface area contributed by atoms with Gasteiger partial charge in [-0.3, -0.25) is 0 Å². The number of hydrogen-bond acceptors (Lipinski definition) is 3. The molecule has 0 aliphatic carbocycles. The molecule has 3 N–H and O–H groups in total. The first kappa shape index (κ1) is 27.1. The Bertz CT molecular complexity index is 260. The minimum atomic E-state index is -1.22. The van der Waals surface area contributed by atoms with Gasteiger partial charge in [-0.25, -0.2) is 0 Å². The van der Waals surface area contributed by atoms with E-state index in [9.17, 15) is 0 Å². The smallest absolute Gasteiger partial charge is 0.164 e. The van der Waals surface area contributed by atoms with E-state index in [0.717, 1.165) is 13.0 Å². The van der Waals surface area contributed by atoms with Gasteiger partial charge in [-0.2, -0.15) is 0 Å². The van der Waals surface area contributed by atoms with Crippen LogP contribution in [0.1, 0.15) is 103 Å². The van der Waals surface area contributed by atoms with E-state index in [1.54, 1.807) is 0 Å². The molecule has 0 aliphatic rings. The van der Waals surface area contributed by atoms with Crippen molar-refractivity contribution in [1.82, 2.24) is 5.32 Å². The zero-order chi connectivity index (χ0) is 17.7. The number of halogens is 1. The average Bonchev–Trinajstić information content (AvgIpc) is 2.56. The molecule has 0 aromatic rings. The molecular formula is C21H44ClNO2. The molecule has 0 unspecified atom stereocenters. The molecule has 0 aliphatic heterocycles. The van der Waals surface area contributed by atoms with Gasteiger partial charge in [0.1, 0.15) is 0 Å². The zero-order valence-corrected chi connectivity index (χ0v) is 17.4. The molecule has 3 nitrogen and oxygen atoms in total. The van der Waals surface area contributed by atoms with Crippen molar-refractivity contribution in [3.05, 3.63) is 12.2 Å². The van der Waals surface area contributed by atoms with Crippen molar-refractivity contribution in [3.8, 4) is 0 Å². The van der Waals surface area contributed by atoms with Gasteiger partial charge in [0, 0.05) is 6.54 Å². The van der Waals surface area contributed by atoms with Crippen molar-refractivity contribution >= 4 is 12.4 Å². The third-order valence-electron chi connectivity index (χ3n) is 4.44.